The van der Waals surface area contributed by atoms with E-state index in [1.54, 1.807) is 0 Å². The molecule has 2 rings (SSSR count). The monoisotopic (exact) mass is 232 g/mol. The maximum Gasteiger partial charge on any atom is 0.243 e. The molecule has 1 aliphatic rings. The molecule has 0 aliphatic carbocycles. The van der Waals surface area contributed by atoms with Gasteiger partial charge in [-0.1, -0.05) is 17.7 Å². The van der Waals surface area contributed by atoms with Gasteiger partial charge in [-0.05, 0) is 45.4 Å². The number of rotatable bonds is 2. The van der Waals surface area contributed by atoms with E-state index in [0.717, 1.165) is 25.1 Å². The SMILES string of the molecule is CNC(C)C(=O)N1CCCc2cc(C)ccc21. The van der Waals surface area contributed by atoms with Crippen LogP contribution in [0.1, 0.15) is 24.5 Å². The summed E-state index contributed by atoms with van der Waals surface area (Å²) in [4.78, 5) is 14.2. The molecule has 1 aromatic rings. The third-order valence-corrected chi connectivity index (χ3v) is 3.42. The first-order chi connectivity index (χ1) is 8.13. The van der Waals surface area contributed by atoms with E-state index in [4.69, 9.17) is 0 Å². The van der Waals surface area contributed by atoms with E-state index in [2.05, 4.69) is 30.4 Å². The Morgan fingerprint density at radius 3 is 2.94 bits per heavy atom. The van der Waals surface area contributed by atoms with Gasteiger partial charge in [0.25, 0.3) is 0 Å². The normalized spacial score (nSPS) is 16.5. The fraction of sp³-hybridized carbons (Fsp3) is 0.500. The number of nitrogens with one attached hydrogen (secondary N) is 1. The number of likely N-dealkylation sites (N-methyl/N-ethyl adjacent to an activating group) is 1. The summed E-state index contributed by atoms with van der Waals surface area (Å²) in [6.45, 7) is 4.84. The summed E-state index contributed by atoms with van der Waals surface area (Å²) in [6.07, 6.45) is 2.13. The summed E-state index contributed by atoms with van der Waals surface area (Å²) in [6, 6.07) is 6.22. The number of carbonyl (C=O) groups excluding carboxylic acids is 1. The van der Waals surface area contributed by atoms with E-state index in [-0.39, 0.29) is 11.9 Å². The van der Waals surface area contributed by atoms with Crippen LogP contribution in [0.15, 0.2) is 18.2 Å². The lowest BCUT2D eigenvalue weighted by atomic mass is 9.99. The van der Waals surface area contributed by atoms with Crippen molar-refractivity contribution in [3.05, 3.63) is 29.3 Å². The Balaban J connectivity index is 2.31. The Morgan fingerprint density at radius 2 is 2.24 bits per heavy atom. The molecule has 17 heavy (non-hydrogen) atoms. The van der Waals surface area contributed by atoms with Crippen molar-refractivity contribution in [2.75, 3.05) is 18.5 Å². The molecule has 0 radical (unpaired) electrons. The van der Waals surface area contributed by atoms with Crippen molar-refractivity contribution in [2.45, 2.75) is 32.7 Å². The van der Waals surface area contributed by atoms with Crippen LogP contribution >= 0.6 is 0 Å². The number of hydrogen-bond acceptors (Lipinski definition) is 2. The van der Waals surface area contributed by atoms with Gasteiger partial charge < -0.3 is 10.2 Å². The number of aryl methyl sites for hydroxylation is 2. The minimum absolute atomic E-state index is 0.123. The second kappa shape index (κ2) is 4.88. The third-order valence-electron chi connectivity index (χ3n) is 3.42. The van der Waals surface area contributed by atoms with E-state index < -0.39 is 0 Å². The summed E-state index contributed by atoms with van der Waals surface area (Å²) < 4.78 is 0. The predicted octanol–water partition coefficient (Wildman–Crippen LogP) is 1.88. The van der Waals surface area contributed by atoms with Crippen LogP contribution in [0.2, 0.25) is 0 Å². The molecule has 0 aromatic heterocycles. The van der Waals surface area contributed by atoms with Gasteiger partial charge in [-0.3, -0.25) is 4.79 Å². The minimum Gasteiger partial charge on any atom is -0.311 e. The Bertz CT molecular complexity index is 428. The number of anilines is 1. The molecule has 0 saturated carbocycles. The average Bonchev–Trinajstić information content (AvgIpc) is 2.35. The topological polar surface area (TPSA) is 32.3 Å². The molecule has 1 aliphatic heterocycles. The fourth-order valence-corrected chi connectivity index (χ4v) is 2.31. The highest BCUT2D eigenvalue weighted by Gasteiger charge is 2.25. The number of fused-ring (bicyclic) bond motifs is 1. The molecule has 0 fully saturated rings. The van der Waals surface area contributed by atoms with Crippen molar-refractivity contribution in [3.8, 4) is 0 Å². The van der Waals surface area contributed by atoms with Crippen LogP contribution < -0.4 is 10.2 Å². The number of benzene rings is 1. The highest BCUT2D eigenvalue weighted by molar-refractivity contribution is 5.98. The Kier molecular flexibility index (Phi) is 3.48. The predicted molar refractivity (Wildman–Crippen MR) is 70.4 cm³/mol. The molecule has 1 atom stereocenters. The lowest BCUT2D eigenvalue weighted by molar-refractivity contribution is -0.120. The quantitative estimate of drug-likeness (QED) is 0.844. The van der Waals surface area contributed by atoms with Gasteiger partial charge >= 0.3 is 0 Å². The molecule has 1 N–H and O–H groups in total. The number of nitrogens with zero attached hydrogens (tertiary/aromatic N) is 1. The van der Waals surface area contributed by atoms with Crippen molar-refractivity contribution >= 4 is 11.6 Å². The Hall–Kier alpha value is -1.35. The molecule has 3 heteroatoms. The van der Waals surface area contributed by atoms with Crippen LogP contribution in [0.4, 0.5) is 5.69 Å². The molecule has 1 unspecified atom stereocenters. The standard InChI is InChI=1S/C14H20N2O/c1-10-6-7-13-12(9-10)5-4-8-16(13)14(17)11(2)15-3/h6-7,9,11,15H,4-5,8H2,1-3H3. The molecule has 1 amide bonds. The van der Waals surface area contributed by atoms with Crippen LogP contribution in [0.25, 0.3) is 0 Å². The first-order valence-electron chi connectivity index (χ1n) is 6.21. The summed E-state index contributed by atoms with van der Waals surface area (Å²) >= 11 is 0. The Labute approximate surface area is 103 Å². The van der Waals surface area contributed by atoms with Gasteiger partial charge in [0, 0.05) is 12.2 Å². The first kappa shape index (κ1) is 12.1. The molecule has 3 nitrogen and oxygen atoms in total. The fourth-order valence-electron chi connectivity index (χ4n) is 2.31. The summed E-state index contributed by atoms with van der Waals surface area (Å²) in [7, 11) is 1.82. The molecule has 1 heterocycles. The zero-order chi connectivity index (χ0) is 12.4. The van der Waals surface area contributed by atoms with Crippen LogP contribution in [0, 0.1) is 6.92 Å². The maximum absolute atomic E-state index is 12.2. The van der Waals surface area contributed by atoms with Crippen LogP contribution in [0.3, 0.4) is 0 Å². The minimum atomic E-state index is -0.123. The van der Waals surface area contributed by atoms with Gasteiger partial charge in [0.1, 0.15) is 0 Å². The molecular weight excluding hydrogens is 212 g/mol. The van der Waals surface area contributed by atoms with Crippen molar-refractivity contribution in [1.82, 2.24) is 5.32 Å². The van der Waals surface area contributed by atoms with Crippen molar-refractivity contribution in [3.63, 3.8) is 0 Å². The molecule has 1 aromatic carbocycles. The zero-order valence-electron chi connectivity index (χ0n) is 10.8. The van der Waals surface area contributed by atoms with E-state index in [0.29, 0.717) is 0 Å². The van der Waals surface area contributed by atoms with Gasteiger partial charge in [-0.25, -0.2) is 0 Å². The number of amides is 1. The second-order valence-electron chi connectivity index (χ2n) is 4.74. The number of carbonyl (C=O) groups is 1. The number of hydrogen-bond donors (Lipinski definition) is 1. The van der Waals surface area contributed by atoms with Gasteiger partial charge in [0.05, 0.1) is 6.04 Å². The summed E-state index contributed by atoms with van der Waals surface area (Å²) in [5, 5.41) is 3.01. The van der Waals surface area contributed by atoms with Gasteiger partial charge in [-0.2, -0.15) is 0 Å². The Morgan fingerprint density at radius 1 is 1.47 bits per heavy atom. The average molecular weight is 232 g/mol. The van der Waals surface area contributed by atoms with Crippen LogP contribution in [0.5, 0.6) is 0 Å². The van der Waals surface area contributed by atoms with Gasteiger partial charge in [0.15, 0.2) is 0 Å². The highest BCUT2D eigenvalue weighted by atomic mass is 16.2. The molecule has 0 spiro atoms. The first-order valence-corrected chi connectivity index (χ1v) is 6.21. The van der Waals surface area contributed by atoms with E-state index in [1.165, 1.54) is 11.1 Å². The maximum atomic E-state index is 12.2. The highest BCUT2D eigenvalue weighted by Crippen LogP contribution is 2.28. The summed E-state index contributed by atoms with van der Waals surface area (Å²) in [5.74, 6) is 0.164. The largest absolute Gasteiger partial charge is 0.311 e. The zero-order valence-corrected chi connectivity index (χ0v) is 10.8. The van der Waals surface area contributed by atoms with Crippen LogP contribution in [-0.4, -0.2) is 25.5 Å². The molecular formula is C14H20N2O. The van der Waals surface area contributed by atoms with E-state index >= 15 is 0 Å². The molecule has 0 bridgehead atoms. The third kappa shape index (κ3) is 2.34. The lowest BCUT2D eigenvalue weighted by Crippen LogP contribution is -2.45. The van der Waals surface area contributed by atoms with Crippen LogP contribution in [-0.2, 0) is 11.2 Å². The van der Waals surface area contributed by atoms with E-state index in [1.807, 2.05) is 18.9 Å². The smallest absolute Gasteiger partial charge is 0.243 e. The lowest BCUT2D eigenvalue weighted by Gasteiger charge is -2.31. The van der Waals surface area contributed by atoms with Gasteiger partial charge in [-0.15, -0.1) is 0 Å². The molecule has 0 saturated heterocycles. The summed E-state index contributed by atoms with van der Waals surface area (Å²) in [5.41, 5.74) is 3.65. The van der Waals surface area contributed by atoms with Crippen molar-refractivity contribution in [2.24, 2.45) is 0 Å². The van der Waals surface area contributed by atoms with Crippen molar-refractivity contribution < 1.29 is 4.79 Å². The van der Waals surface area contributed by atoms with Gasteiger partial charge in [0.2, 0.25) is 5.91 Å². The van der Waals surface area contributed by atoms with Crippen molar-refractivity contribution in [1.29, 1.82) is 0 Å². The second-order valence-corrected chi connectivity index (χ2v) is 4.74. The van der Waals surface area contributed by atoms with E-state index in [9.17, 15) is 4.79 Å². The molecule has 92 valence electrons.